The second-order valence-electron chi connectivity index (χ2n) is 11.2. The van der Waals surface area contributed by atoms with Gasteiger partial charge in [0.2, 0.25) is 0 Å². The Bertz CT molecular complexity index is 928. The number of hydrogen-bond donors (Lipinski definition) is 2. The number of aliphatic hydroxyl groups excluding tert-OH is 1. The van der Waals surface area contributed by atoms with Gasteiger partial charge < -0.3 is 20.5 Å². The summed E-state index contributed by atoms with van der Waals surface area (Å²) in [5, 5.41) is 11.3. The van der Waals surface area contributed by atoms with Gasteiger partial charge >= 0.3 is 6.03 Å². The van der Waals surface area contributed by atoms with Crippen LogP contribution in [0.5, 0.6) is 0 Å². The third-order valence-electron chi connectivity index (χ3n) is 7.50. The van der Waals surface area contributed by atoms with Crippen LogP contribution in [0.15, 0.2) is 47.4 Å². The standard InChI is InChI=1S/C28H43N3O3.ClH/c1-27(2,3)23-18-25(34-6)28(19-24(23)32,17-16-20-10-8-7-9-11-20)31(26(29)33)22-14-12-21(13-15-22)30(4)5;/h12-15,18,20,32H,7-11,16-17,19H2,1-6H3,(H2,29,33);1H. The van der Waals surface area contributed by atoms with E-state index in [1.54, 1.807) is 12.0 Å². The van der Waals surface area contributed by atoms with Crippen molar-refractivity contribution in [2.75, 3.05) is 31.0 Å². The summed E-state index contributed by atoms with van der Waals surface area (Å²) >= 11 is 0. The van der Waals surface area contributed by atoms with Crippen LogP contribution in [-0.2, 0) is 4.74 Å². The maximum absolute atomic E-state index is 13.1. The van der Waals surface area contributed by atoms with E-state index in [1.807, 2.05) is 49.3 Å². The van der Waals surface area contributed by atoms with Crippen molar-refractivity contribution in [2.45, 2.75) is 77.7 Å². The summed E-state index contributed by atoms with van der Waals surface area (Å²) in [6.45, 7) is 6.22. The number of benzene rings is 1. The first kappa shape index (κ1) is 28.9. The van der Waals surface area contributed by atoms with Crippen LogP contribution in [0, 0.1) is 11.3 Å². The summed E-state index contributed by atoms with van der Waals surface area (Å²) in [7, 11) is 5.62. The molecule has 2 aliphatic carbocycles. The van der Waals surface area contributed by atoms with Crippen LogP contribution in [-0.4, -0.2) is 37.9 Å². The average Bonchev–Trinajstić information content (AvgIpc) is 2.78. The average molecular weight is 506 g/mol. The largest absolute Gasteiger partial charge is 0.512 e. The number of amides is 2. The van der Waals surface area contributed by atoms with Gasteiger partial charge in [0.1, 0.15) is 11.3 Å². The van der Waals surface area contributed by atoms with Gasteiger partial charge in [-0.1, -0.05) is 52.9 Å². The molecule has 0 spiro atoms. The van der Waals surface area contributed by atoms with Crippen molar-refractivity contribution < 1.29 is 14.6 Å². The lowest BCUT2D eigenvalue weighted by Gasteiger charge is -2.47. The van der Waals surface area contributed by atoms with Crippen LogP contribution >= 0.6 is 12.4 Å². The molecule has 1 aromatic rings. The number of nitrogens with two attached hydrogens (primary N) is 1. The summed E-state index contributed by atoms with van der Waals surface area (Å²) in [5.74, 6) is 1.60. The number of nitrogens with zero attached hydrogens (tertiary/aromatic N) is 2. The molecule has 2 amide bonds. The van der Waals surface area contributed by atoms with E-state index in [0.29, 0.717) is 29.5 Å². The van der Waals surface area contributed by atoms with Gasteiger partial charge in [-0.2, -0.15) is 0 Å². The number of hydrogen-bond acceptors (Lipinski definition) is 4. The quantitative estimate of drug-likeness (QED) is 0.420. The fourth-order valence-corrected chi connectivity index (χ4v) is 5.62. The zero-order chi connectivity index (χ0) is 25.1. The minimum Gasteiger partial charge on any atom is -0.512 e. The summed E-state index contributed by atoms with van der Waals surface area (Å²) in [4.78, 5) is 16.7. The molecule has 3 N–H and O–H groups in total. The predicted molar refractivity (Wildman–Crippen MR) is 147 cm³/mol. The molecule has 1 unspecified atom stereocenters. The molecule has 1 atom stereocenters. The molecular formula is C28H44ClN3O3. The molecular weight excluding hydrogens is 462 g/mol. The zero-order valence-electron chi connectivity index (χ0n) is 22.3. The third-order valence-corrected chi connectivity index (χ3v) is 7.50. The number of allylic oxidation sites excluding steroid dienone is 2. The number of rotatable bonds is 7. The number of halogens is 1. The van der Waals surface area contributed by atoms with Gasteiger partial charge in [-0.05, 0) is 60.1 Å². The number of ether oxygens (including phenoxy) is 1. The number of carbonyl (C=O) groups is 1. The van der Waals surface area contributed by atoms with Gasteiger partial charge in [0, 0.05) is 31.9 Å². The number of urea groups is 1. The molecule has 35 heavy (non-hydrogen) atoms. The van der Waals surface area contributed by atoms with E-state index < -0.39 is 11.6 Å². The molecule has 0 heterocycles. The van der Waals surface area contributed by atoms with Crippen molar-refractivity contribution in [2.24, 2.45) is 17.1 Å². The number of carbonyl (C=O) groups excluding carboxylic acids is 1. The van der Waals surface area contributed by atoms with Crippen LogP contribution in [0.3, 0.4) is 0 Å². The molecule has 196 valence electrons. The zero-order valence-corrected chi connectivity index (χ0v) is 23.1. The maximum Gasteiger partial charge on any atom is 0.320 e. The van der Waals surface area contributed by atoms with Gasteiger partial charge in [0.15, 0.2) is 0 Å². The summed E-state index contributed by atoms with van der Waals surface area (Å²) in [5.41, 5.74) is 7.51. The molecule has 6 nitrogen and oxygen atoms in total. The highest BCUT2D eigenvalue weighted by atomic mass is 35.5. The first-order valence-electron chi connectivity index (χ1n) is 12.6. The van der Waals surface area contributed by atoms with E-state index in [4.69, 9.17) is 10.5 Å². The highest BCUT2D eigenvalue weighted by molar-refractivity contribution is 5.93. The Balaban J connectivity index is 0.00000432. The lowest BCUT2D eigenvalue weighted by molar-refractivity contribution is 0.169. The Morgan fingerprint density at radius 2 is 1.69 bits per heavy atom. The normalized spacial score (nSPS) is 21.1. The molecule has 0 radical (unpaired) electrons. The van der Waals surface area contributed by atoms with E-state index in [1.165, 1.54) is 32.1 Å². The molecule has 3 rings (SSSR count). The molecule has 0 aromatic heterocycles. The molecule has 1 saturated carbocycles. The third kappa shape index (κ3) is 6.27. The highest BCUT2D eigenvalue weighted by Crippen LogP contribution is 2.47. The fourth-order valence-electron chi connectivity index (χ4n) is 5.62. The van der Waals surface area contributed by atoms with Gasteiger partial charge in [-0.25, -0.2) is 4.79 Å². The Kier molecular flexibility index (Phi) is 9.57. The Labute approximate surface area is 217 Å². The number of anilines is 2. The SMILES string of the molecule is COC1=CC(C(C)(C)C)=C(O)CC1(CCC1CCCCC1)N(C(N)=O)c1ccc(N(C)C)cc1.Cl. The second kappa shape index (κ2) is 11.6. The Morgan fingerprint density at radius 1 is 1.11 bits per heavy atom. The van der Waals surface area contributed by atoms with Gasteiger partial charge in [0.05, 0.1) is 12.9 Å². The van der Waals surface area contributed by atoms with Crippen molar-refractivity contribution in [3.63, 3.8) is 0 Å². The van der Waals surface area contributed by atoms with Gasteiger partial charge in [-0.3, -0.25) is 4.90 Å². The maximum atomic E-state index is 13.1. The highest BCUT2D eigenvalue weighted by Gasteiger charge is 2.48. The van der Waals surface area contributed by atoms with E-state index in [0.717, 1.165) is 17.7 Å². The van der Waals surface area contributed by atoms with Crippen molar-refractivity contribution in [3.05, 3.63) is 47.4 Å². The topological polar surface area (TPSA) is 79.0 Å². The lowest BCUT2D eigenvalue weighted by atomic mass is 9.72. The first-order chi connectivity index (χ1) is 16.0. The minimum absolute atomic E-state index is 0. The van der Waals surface area contributed by atoms with Crippen molar-refractivity contribution >= 4 is 29.8 Å². The van der Waals surface area contributed by atoms with Crippen molar-refractivity contribution in [1.29, 1.82) is 0 Å². The van der Waals surface area contributed by atoms with E-state index in [9.17, 15) is 9.90 Å². The van der Waals surface area contributed by atoms with Gasteiger partial charge in [0.25, 0.3) is 0 Å². The molecule has 0 aliphatic heterocycles. The van der Waals surface area contributed by atoms with Crippen LogP contribution < -0.4 is 15.5 Å². The fraction of sp³-hybridized carbons (Fsp3) is 0.607. The lowest BCUT2D eigenvalue weighted by Crippen LogP contribution is -2.57. The van der Waals surface area contributed by atoms with Crippen LogP contribution in [0.4, 0.5) is 16.2 Å². The molecule has 0 bridgehead atoms. The molecule has 0 saturated heterocycles. The van der Waals surface area contributed by atoms with E-state index >= 15 is 0 Å². The predicted octanol–water partition coefficient (Wildman–Crippen LogP) is 6.95. The van der Waals surface area contributed by atoms with Crippen molar-refractivity contribution in [3.8, 4) is 0 Å². The number of primary amides is 1. The molecule has 7 heteroatoms. The molecule has 1 aromatic carbocycles. The first-order valence-corrected chi connectivity index (χ1v) is 12.6. The molecule has 1 fully saturated rings. The summed E-state index contributed by atoms with van der Waals surface area (Å²) in [6.07, 6.45) is 10.1. The van der Waals surface area contributed by atoms with Gasteiger partial charge in [-0.15, -0.1) is 12.4 Å². The number of methoxy groups -OCH3 is 1. The van der Waals surface area contributed by atoms with E-state index in [-0.39, 0.29) is 24.2 Å². The van der Waals surface area contributed by atoms with Crippen molar-refractivity contribution in [1.82, 2.24) is 0 Å². The van der Waals surface area contributed by atoms with Crippen LogP contribution in [0.1, 0.15) is 72.1 Å². The van der Waals surface area contributed by atoms with Crippen LogP contribution in [0.2, 0.25) is 0 Å². The minimum atomic E-state index is -0.878. The smallest absolute Gasteiger partial charge is 0.320 e. The Hall–Kier alpha value is -2.34. The second-order valence-corrected chi connectivity index (χ2v) is 11.2. The summed E-state index contributed by atoms with van der Waals surface area (Å²) < 4.78 is 5.99. The van der Waals surface area contributed by atoms with E-state index in [2.05, 4.69) is 20.8 Å². The monoisotopic (exact) mass is 505 g/mol. The van der Waals surface area contributed by atoms with Crippen LogP contribution in [0.25, 0.3) is 0 Å². The number of aliphatic hydroxyl groups is 1. The summed E-state index contributed by atoms with van der Waals surface area (Å²) in [6, 6.07) is 7.27. The molecule has 2 aliphatic rings. The Morgan fingerprint density at radius 3 is 2.17 bits per heavy atom.